The highest BCUT2D eigenvalue weighted by Crippen LogP contribution is 2.21. The van der Waals surface area contributed by atoms with Gasteiger partial charge in [-0.2, -0.15) is 0 Å². The molecule has 4 nitrogen and oxygen atoms in total. The predicted molar refractivity (Wildman–Crippen MR) is 63.7 cm³/mol. The van der Waals surface area contributed by atoms with Gasteiger partial charge in [0.15, 0.2) is 0 Å². The summed E-state index contributed by atoms with van der Waals surface area (Å²) in [6, 6.07) is 5.40. The van der Waals surface area contributed by atoms with Crippen LogP contribution in [0.3, 0.4) is 0 Å². The zero-order valence-corrected chi connectivity index (χ0v) is 9.88. The van der Waals surface area contributed by atoms with Crippen LogP contribution in [0.2, 0.25) is 5.02 Å². The van der Waals surface area contributed by atoms with E-state index >= 15 is 0 Å². The number of aryl methyl sites for hydroxylation is 1. The first-order valence-electron chi connectivity index (χ1n) is 4.99. The number of nitrogens with two attached hydrogens (primary N) is 1. The summed E-state index contributed by atoms with van der Waals surface area (Å²) in [6.45, 7) is 2.77. The topological polar surface area (TPSA) is 64.3 Å². The van der Waals surface area contributed by atoms with Crippen LogP contribution in [0.5, 0.6) is 5.75 Å². The van der Waals surface area contributed by atoms with Crippen LogP contribution in [0.4, 0.5) is 0 Å². The van der Waals surface area contributed by atoms with Gasteiger partial charge in [0.2, 0.25) is 5.91 Å². The van der Waals surface area contributed by atoms with Crippen LogP contribution < -0.4 is 15.8 Å². The van der Waals surface area contributed by atoms with Gasteiger partial charge >= 0.3 is 0 Å². The van der Waals surface area contributed by atoms with Gasteiger partial charge in [0.1, 0.15) is 12.4 Å². The second-order valence-corrected chi connectivity index (χ2v) is 3.75. The lowest BCUT2D eigenvalue weighted by molar-refractivity contribution is -0.119. The molecular formula is C11H15ClN2O2. The Labute approximate surface area is 99.7 Å². The molecule has 3 N–H and O–H groups in total. The number of carbonyl (C=O) groups is 1. The Hall–Kier alpha value is -1.26. The van der Waals surface area contributed by atoms with Crippen molar-refractivity contribution in [2.24, 2.45) is 5.73 Å². The van der Waals surface area contributed by atoms with E-state index in [0.717, 1.165) is 11.3 Å². The van der Waals surface area contributed by atoms with Crippen molar-refractivity contribution in [2.75, 3.05) is 19.7 Å². The lowest BCUT2D eigenvalue weighted by atomic mass is 10.2. The lowest BCUT2D eigenvalue weighted by Gasteiger charge is -2.09. The zero-order valence-electron chi connectivity index (χ0n) is 9.13. The van der Waals surface area contributed by atoms with Crippen LogP contribution in [-0.2, 0) is 4.79 Å². The first kappa shape index (κ1) is 12.8. The minimum Gasteiger partial charge on any atom is -0.491 e. The SMILES string of the molecule is Cc1cc(Cl)ccc1OCCNC(=O)CN. The van der Waals surface area contributed by atoms with E-state index in [1.807, 2.05) is 19.1 Å². The molecule has 0 bridgehead atoms. The summed E-state index contributed by atoms with van der Waals surface area (Å²) in [4.78, 5) is 10.8. The molecule has 0 radical (unpaired) electrons. The van der Waals surface area contributed by atoms with Gasteiger partial charge in [-0.05, 0) is 30.7 Å². The van der Waals surface area contributed by atoms with Gasteiger partial charge in [-0.15, -0.1) is 0 Å². The minimum absolute atomic E-state index is 0.0000271. The maximum Gasteiger partial charge on any atom is 0.233 e. The summed E-state index contributed by atoms with van der Waals surface area (Å²) in [5, 5.41) is 3.30. The van der Waals surface area contributed by atoms with Crippen LogP contribution in [-0.4, -0.2) is 25.6 Å². The fourth-order valence-corrected chi connectivity index (χ4v) is 1.43. The molecule has 1 rings (SSSR count). The smallest absolute Gasteiger partial charge is 0.233 e. The number of hydrogen-bond acceptors (Lipinski definition) is 3. The molecule has 0 aliphatic heterocycles. The molecule has 0 saturated carbocycles. The van der Waals surface area contributed by atoms with Gasteiger partial charge in [0, 0.05) is 5.02 Å². The molecular weight excluding hydrogens is 228 g/mol. The number of carbonyl (C=O) groups excluding carboxylic acids is 1. The number of nitrogens with one attached hydrogen (secondary N) is 1. The Kier molecular flexibility index (Phi) is 5.08. The van der Waals surface area contributed by atoms with Crippen molar-refractivity contribution < 1.29 is 9.53 Å². The summed E-state index contributed by atoms with van der Waals surface area (Å²) in [7, 11) is 0. The van der Waals surface area contributed by atoms with Crippen LogP contribution >= 0.6 is 11.6 Å². The summed E-state index contributed by atoms with van der Waals surface area (Å²) in [5.74, 6) is 0.586. The molecule has 1 amide bonds. The number of benzene rings is 1. The van der Waals surface area contributed by atoms with Gasteiger partial charge in [-0.3, -0.25) is 4.79 Å². The van der Waals surface area contributed by atoms with Crippen molar-refractivity contribution in [3.05, 3.63) is 28.8 Å². The highest BCUT2D eigenvalue weighted by atomic mass is 35.5. The Balaban J connectivity index is 2.35. The summed E-state index contributed by atoms with van der Waals surface area (Å²) in [6.07, 6.45) is 0. The van der Waals surface area contributed by atoms with E-state index in [-0.39, 0.29) is 12.5 Å². The molecule has 88 valence electrons. The van der Waals surface area contributed by atoms with Crippen LogP contribution in [0, 0.1) is 6.92 Å². The quantitative estimate of drug-likeness (QED) is 0.760. The van der Waals surface area contributed by atoms with E-state index in [4.69, 9.17) is 22.1 Å². The fraction of sp³-hybridized carbons (Fsp3) is 0.364. The molecule has 0 spiro atoms. The second-order valence-electron chi connectivity index (χ2n) is 3.31. The number of amides is 1. The number of ether oxygens (including phenoxy) is 1. The van der Waals surface area contributed by atoms with Crippen LogP contribution in [0.25, 0.3) is 0 Å². The van der Waals surface area contributed by atoms with Crippen molar-refractivity contribution in [1.29, 1.82) is 0 Å². The van der Waals surface area contributed by atoms with Crippen molar-refractivity contribution in [3.63, 3.8) is 0 Å². The maximum atomic E-state index is 10.8. The molecule has 0 fully saturated rings. The van der Waals surface area contributed by atoms with Gasteiger partial charge in [0.25, 0.3) is 0 Å². The molecule has 0 saturated heterocycles. The molecule has 0 aromatic heterocycles. The molecule has 0 heterocycles. The van der Waals surface area contributed by atoms with Crippen LogP contribution in [0.15, 0.2) is 18.2 Å². The summed E-state index contributed by atoms with van der Waals surface area (Å²) in [5.41, 5.74) is 6.11. The highest BCUT2D eigenvalue weighted by Gasteiger charge is 2.00. The normalized spacial score (nSPS) is 9.94. The standard InChI is InChI=1S/C11H15ClN2O2/c1-8-6-9(12)2-3-10(8)16-5-4-14-11(15)7-13/h2-3,6H,4-5,7,13H2,1H3,(H,14,15). The van der Waals surface area contributed by atoms with Crippen LogP contribution in [0.1, 0.15) is 5.56 Å². The molecule has 1 aromatic carbocycles. The number of hydrogen-bond donors (Lipinski definition) is 2. The maximum absolute atomic E-state index is 10.8. The van der Waals surface area contributed by atoms with Crippen molar-refractivity contribution in [2.45, 2.75) is 6.92 Å². The predicted octanol–water partition coefficient (Wildman–Crippen LogP) is 1.10. The molecule has 0 aliphatic carbocycles. The van der Waals surface area contributed by atoms with E-state index in [0.29, 0.717) is 18.2 Å². The third-order valence-electron chi connectivity index (χ3n) is 2.00. The molecule has 0 unspecified atom stereocenters. The van der Waals surface area contributed by atoms with Gasteiger partial charge in [0.05, 0.1) is 13.1 Å². The minimum atomic E-state index is -0.184. The molecule has 0 atom stereocenters. The van der Waals surface area contributed by atoms with Gasteiger partial charge in [-0.25, -0.2) is 0 Å². The Morgan fingerprint density at radius 1 is 1.56 bits per heavy atom. The zero-order chi connectivity index (χ0) is 12.0. The van der Waals surface area contributed by atoms with E-state index in [1.165, 1.54) is 0 Å². The summed E-state index contributed by atoms with van der Waals surface area (Å²) < 4.78 is 5.47. The van der Waals surface area contributed by atoms with E-state index < -0.39 is 0 Å². The summed E-state index contributed by atoms with van der Waals surface area (Å²) >= 11 is 5.81. The number of halogens is 1. The van der Waals surface area contributed by atoms with Crippen molar-refractivity contribution in [3.8, 4) is 5.75 Å². The molecule has 5 heteroatoms. The fourth-order valence-electron chi connectivity index (χ4n) is 1.20. The Morgan fingerprint density at radius 2 is 2.31 bits per heavy atom. The molecule has 1 aromatic rings. The third kappa shape index (κ3) is 4.08. The molecule has 0 aliphatic rings. The first-order chi connectivity index (χ1) is 7.63. The van der Waals surface area contributed by atoms with E-state index in [2.05, 4.69) is 5.32 Å². The number of rotatable bonds is 5. The van der Waals surface area contributed by atoms with E-state index in [9.17, 15) is 4.79 Å². The lowest BCUT2D eigenvalue weighted by Crippen LogP contribution is -2.33. The van der Waals surface area contributed by atoms with Crippen molar-refractivity contribution in [1.82, 2.24) is 5.32 Å². The monoisotopic (exact) mass is 242 g/mol. The highest BCUT2D eigenvalue weighted by molar-refractivity contribution is 6.30. The van der Waals surface area contributed by atoms with Crippen molar-refractivity contribution >= 4 is 17.5 Å². The Morgan fingerprint density at radius 3 is 2.94 bits per heavy atom. The Bertz CT molecular complexity index is 369. The second kappa shape index (κ2) is 6.35. The average Bonchev–Trinajstić information content (AvgIpc) is 2.26. The molecule has 16 heavy (non-hydrogen) atoms. The van der Waals surface area contributed by atoms with Gasteiger partial charge in [-0.1, -0.05) is 11.6 Å². The first-order valence-corrected chi connectivity index (χ1v) is 5.37. The third-order valence-corrected chi connectivity index (χ3v) is 2.24. The average molecular weight is 243 g/mol. The largest absolute Gasteiger partial charge is 0.491 e. The van der Waals surface area contributed by atoms with Gasteiger partial charge < -0.3 is 15.8 Å². The van der Waals surface area contributed by atoms with E-state index in [1.54, 1.807) is 6.07 Å².